The van der Waals surface area contributed by atoms with Crippen LogP contribution in [0.15, 0.2) is 30.3 Å². The number of aliphatic hydroxyl groups excluding tert-OH is 3. The second-order valence-electron chi connectivity index (χ2n) is 5.12. The Hall–Kier alpha value is -0.990. The largest absolute Gasteiger partial charge is 0.388 e. The lowest BCUT2D eigenvalue weighted by atomic mass is 9.83. The maximum Gasteiger partial charge on any atom is 0.111 e. The van der Waals surface area contributed by atoms with E-state index in [0.717, 1.165) is 5.56 Å². The fourth-order valence-electron chi connectivity index (χ4n) is 2.57. The van der Waals surface area contributed by atoms with Gasteiger partial charge in [-0.15, -0.1) is 17.0 Å². The van der Waals surface area contributed by atoms with Gasteiger partial charge in [-0.25, -0.2) is 0 Å². The molecule has 2 rings (SSSR count). The van der Waals surface area contributed by atoms with E-state index in [4.69, 9.17) is 15.9 Å². The van der Waals surface area contributed by atoms with E-state index < -0.39 is 36.4 Å². The Morgan fingerprint density at radius 3 is 2.24 bits per heavy atom. The van der Waals surface area contributed by atoms with Gasteiger partial charge < -0.3 is 25.8 Å². The van der Waals surface area contributed by atoms with Crippen molar-refractivity contribution >= 4 is 22.8 Å². The zero-order valence-corrected chi connectivity index (χ0v) is 13.3. The Morgan fingerprint density at radius 1 is 1.14 bits per heavy atom. The van der Waals surface area contributed by atoms with Crippen molar-refractivity contribution in [1.82, 2.24) is 0 Å². The van der Waals surface area contributed by atoms with Gasteiger partial charge in [0.15, 0.2) is 0 Å². The highest BCUT2D eigenvalue weighted by Gasteiger charge is 2.46. The molecule has 0 spiro atoms. The Labute approximate surface area is 133 Å². The molecular formula is C14H21BrN2O4. The summed E-state index contributed by atoms with van der Waals surface area (Å²) in [5, 5.41) is 37.4. The quantitative estimate of drug-likeness (QED) is 0.388. The first kappa shape index (κ1) is 18.1. The molecule has 6 nitrogen and oxygen atoms in total. The average molecular weight is 361 g/mol. The van der Waals surface area contributed by atoms with E-state index >= 15 is 0 Å². The molecule has 0 amide bonds. The van der Waals surface area contributed by atoms with Gasteiger partial charge in [-0.1, -0.05) is 30.3 Å². The fraction of sp³-hybridized carbons (Fsp3) is 0.500. The summed E-state index contributed by atoms with van der Waals surface area (Å²) in [6, 6.07) is 9.00. The van der Waals surface area contributed by atoms with Crippen molar-refractivity contribution in [3.63, 3.8) is 0 Å². The summed E-state index contributed by atoms with van der Waals surface area (Å²) in [5.41, 5.74) is 6.36. The first-order valence-corrected chi connectivity index (χ1v) is 6.52. The van der Waals surface area contributed by atoms with Gasteiger partial charge in [0, 0.05) is 0 Å². The van der Waals surface area contributed by atoms with Crippen molar-refractivity contribution in [2.75, 3.05) is 0 Å². The summed E-state index contributed by atoms with van der Waals surface area (Å²) < 4.78 is 5.58. The molecule has 1 unspecified atom stereocenters. The van der Waals surface area contributed by atoms with Gasteiger partial charge in [0.2, 0.25) is 0 Å². The van der Waals surface area contributed by atoms with Gasteiger partial charge in [-0.3, -0.25) is 5.41 Å². The zero-order chi connectivity index (χ0) is 14.9. The molecule has 0 bridgehead atoms. The molecule has 1 aromatic rings. The summed E-state index contributed by atoms with van der Waals surface area (Å²) in [4.78, 5) is 0. The van der Waals surface area contributed by atoms with Crippen molar-refractivity contribution in [2.24, 2.45) is 5.73 Å². The van der Waals surface area contributed by atoms with Gasteiger partial charge in [0.1, 0.15) is 30.3 Å². The van der Waals surface area contributed by atoms with E-state index in [1.54, 1.807) is 31.2 Å². The van der Waals surface area contributed by atoms with Crippen LogP contribution in [0.1, 0.15) is 18.4 Å². The van der Waals surface area contributed by atoms with Crippen molar-refractivity contribution in [3.05, 3.63) is 35.9 Å². The van der Waals surface area contributed by atoms with Crippen LogP contribution in [-0.2, 0) is 4.74 Å². The Morgan fingerprint density at radius 2 is 1.71 bits per heavy atom. The SMILES string of the molecule is Br.C[C@@H]1O[C@@H](C(C(=N)N)c2ccccc2)[C@@H](O)[C@H](O)[C@@H]1O. The Balaban J connectivity index is 0.00000220. The highest BCUT2D eigenvalue weighted by Crippen LogP contribution is 2.31. The van der Waals surface area contributed by atoms with Crippen molar-refractivity contribution < 1.29 is 20.1 Å². The van der Waals surface area contributed by atoms with Crippen molar-refractivity contribution in [2.45, 2.75) is 43.4 Å². The number of nitrogens with two attached hydrogens (primary N) is 1. The maximum absolute atomic E-state index is 10.1. The molecule has 0 aliphatic carbocycles. The summed E-state index contributed by atoms with van der Waals surface area (Å²) >= 11 is 0. The van der Waals surface area contributed by atoms with Gasteiger partial charge in [0.05, 0.1) is 12.0 Å². The number of hydrogen-bond acceptors (Lipinski definition) is 5. The third-order valence-corrected chi connectivity index (χ3v) is 3.71. The summed E-state index contributed by atoms with van der Waals surface area (Å²) in [6.07, 6.45) is -5.32. The lowest BCUT2D eigenvalue weighted by Crippen LogP contribution is -2.59. The van der Waals surface area contributed by atoms with E-state index in [9.17, 15) is 15.3 Å². The number of amidine groups is 1. The van der Waals surface area contributed by atoms with Crippen LogP contribution in [-0.4, -0.2) is 51.7 Å². The van der Waals surface area contributed by atoms with Crippen LogP contribution in [0.5, 0.6) is 0 Å². The second kappa shape index (κ2) is 7.33. The first-order valence-electron chi connectivity index (χ1n) is 6.52. The zero-order valence-electron chi connectivity index (χ0n) is 11.6. The normalized spacial score (nSPS) is 33.8. The molecule has 6 atom stereocenters. The van der Waals surface area contributed by atoms with Crippen LogP contribution in [0.3, 0.4) is 0 Å². The van der Waals surface area contributed by atoms with Crippen LogP contribution in [0, 0.1) is 5.41 Å². The highest BCUT2D eigenvalue weighted by atomic mass is 79.9. The summed E-state index contributed by atoms with van der Waals surface area (Å²) in [5.74, 6) is -0.827. The number of aliphatic hydroxyl groups is 3. The fourth-order valence-corrected chi connectivity index (χ4v) is 2.57. The predicted octanol–water partition coefficient (Wildman–Crippen LogP) is 0.154. The number of hydrogen-bond donors (Lipinski definition) is 5. The van der Waals surface area contributed by atoms with E-state index in [0.29, 0.717) is 0 Å². The molecule has 21 heavy (non-hydrogen) atoms. The maximum atomic E-state index is 10.1. The van der Waals surface area contributed by atoms with Gasteiger partial charge in [-0.2, -0.15) is 0 Å². The lowest BCUT2D eigenvalue weighted by Gasteiger charge is -2.42. The van der Waals surface area contributed by atoms with E-state index in [1.807, 2.05) is 6.07 Å². The lowest BCUT2D eigenvalue weighted by molar-refractivity contribution is -0.218. The monoisotopic (exact) mass is 360 g/mol. The second-order valence-corrected chi connectivity index (χ2v) is 5.12. The number of benzene rings is 1. The molecule has 1 saturated heterocycles. The van der Waals surface area contributed by atoms with Crippen LogP contribution in [0.4, 0.5) is 0 Å². The molecule has 1 aromatic carbocycles. The van der Waals surface area contributed by atoms with E-state index in [2.05, 4.69) is 0 Å². The van der Waals surface area contributed by atoms with Gasteiger partial charge in [0.25, 0.3) is 0 Å². The molecule has 0 aromatic heterocycles. The smallest absolute Gasteiger partial charge is 0.111 e. The number of halogens is 1. The topological polar surface area (TPSA) is 120 Å². The minimum atomic E-state index is -1.32. The molecule has 1 aliphatic heterocycles. The number of nitrogens with one attached hydrogen (secondary N) is 1. The standard InChI is InChI=1S/C14H20N2O4.BrH/c1-7-10(17)11(18)12(19)13(20-7)9(14(15)16)8-5-3-2-4-6-8;/h2-7,9-13,17-19H,1H3,(H3,15,16);1H/t7-,9?,10+,11+,12-,13-;/m0./s1. The van der Waals surface area contributed by atoms with Gasteiger partial charge in [-0.05, 0) is 12.5 Å². The van der Waals surface area contributed by atoms with E-state index in [-0.39, 0.29) is 22.8 Å². The third-order valence-electron chi connectivity index (χ3n) is 3.71. The Kier molecular flexibility index (Phi) is 6.30. The molecular weight excluding hydrogens is 340 g/mol. The van der Waals surface area contributed by atoms with Crippen molar-refractivity contribution in [3.8, 4) is 0 Å². The average Bonchev–Trinajstić information content (AvgIpc) is 2.43. The molecule has 6 N–H and O–H groups in total. The molecule has 1 aliphatic rings. The predicted molar refractivity (Wildman–Crippen MR) is 83.8 cm³/mol. The van der Waals surface area contributed by atoms with Crippen LogP contribution in [0.25, 0.3) is 0 Å². The third kappa shape index (κ3) is 3.61. The summed E-state index contributed by atoms with van der Waals surface area (Å²) in [7, 11) is 0. The number of ether oxygens (including phenoxy) is 1. The first-order chi connectivity index (χ1) is 9.43. The summed E-state index contributed by atoms with van der Waals surface area (Å²) in [6.45, 7) is 1.61. The van der Waals surface area contributed by atoms with Crippen LogP contribution < -0.4 is 5.73 Å². The molecule has 118 valence electrons. The minimum Gasteiger partial charge on any atom is -0.388 e. The van der Waals surface area contributed by atoms with Crippen molar-refractivity contribution in [1.29, 1.82) is 5.41 Å². The molecule has 1 heterocycles. The molecule has 0 radical (unpaired) electrons. The molecule has 7 heteroatoms. The van der Waals surface area contributed by atoms with E-state index in [1.165, 1.54) is 0 Å². The van der Waals surface area contributed by atoms with Crippen LogP contribution >= 0.6 is 17.0 Å². The minimum absolute atomic E-state index is 0. The number of rotatable bonds is 3. The molecule has 1 fully saturated rings. The highest BCUT2D eigenvalue weighted by molar-refractivity contribution is 8.93. The van der Waals surface area contributed by atoms with Gasteiger partial charge >= 0.3 is 0 Å². The van der Waals surface area contributed by atoms with Crippen LogP contribution in [0.2, 0.25) is 0 Å². The Bertz CT molecular complexity index is 473. The molecule has 0 saturated carbocycles.